The summed E-state index contributed by atoms with van der Waals surface area (Å²) in [5.74, 6) is -1.11. The summed E-state index contributed by atoms with van der Waals surface area (Å²) in [5, 5.41) is 3.58. The fourth-order valence-corrected chi connectivity index (χ4v) is 3.15. The van der Waals surface area contributed by atoms with Crippen molar-refractivity contribution >= 4 is 40.9 Å². The number of hydrogen-bond acceptors (Lipinski definition) is 3. The predicted octanol–water partition coefficient (Wildman–Crippen LogP) is 4.18. The first-order valence-corrected chi connectivity index (χ1v) is 8.23. The van der Waals surface area contributed by atoms with Crippen molar-refractivity contribution in [2.45, 2.75) is 32.7 Å². The molecule has 0 bridgehead atoms. The Morgan fingerprint density at radius 1 is 1.35 bits per heavy atom. The Morgan fingerprint density at radius 3 is 2.70 bits per heavy atom. The van der Waals surface area contributed by atoms with E-state index in [0.717, 1.165) is 6.42 Å². The molecule has 0 saturated heterocycles. The predicted molar refractivity (Wildman–Crippen MR) is 90.2 cm³/mol. The number of aliphatic imine (C=N–C) groups is 1. The molecule has 1 aliphatic rings. The van der Waals surface area contributed by atoms with Gasteiger partial charge in [0, 0.05) is 15.8 Å². The number of hydrogen-bond donors (Lipinski definition) is 1. The molecule has 1 heterocycles. The second-order valence-electron chi connectivity index (χ2n) is 5.18. The number of urea groups is 1. The van der Waals surface area contributed by atoms with E-state index in [1.807, 2.05) is 6.92 Å². The minimum absolute atomic E-state index is 0.254. The summed E-state index contributed by atoms with van der Waals surface area (Å²) >= 11 is 12.2. The van der Waals surface area contributed by atoms with Gasteiger partial charge in [0.05, 0.1) is 12.6 Å². The van der Waals surface area contributed by atoms with Gasteiger partial charge in [0.2, 0.25) is 0 Å². The molecule has 1 aromatic carbocycles. The lowest BCUT2D eigenvalue weighted by Crippen LogP contribution is -2.45. The van der Waals surface area contributed by atoms with Crippen LogP contribution in [0.4, 0.5) is 4.79 Å². The van der Waals surface area contributed by atoms with Crippen molar-refractivity contribution in [3.8, 4) is 0 Å². The van der Waals surface area contributed by atoms with Crippen molar-refractivity contribution in [2.24, 2.45) is 10.9 Å². The van der Waals surface area contributed by atoms with Crippen LogP contribution in [0.2, 0.25) is 10.0 Å². The van der Waals surface area contributed by atoms with Gasteiger partial charge in [-0.25, -0.2) is 9.79 Å². The average molecular weight is 357 g/mol. The van der Waals surface area contributed by atoms with E-state index in [1.54, 1.807) is 25.1 Å². The van der Waals surface area contributed by atoms with E-state index in [0.29, 0.717) is 27.7 Å². The van der Waals surface area contributed by atoms with Crippen molar-refractivity contribution in [3.63, 3.8) is 0 Å². The molecule has 0 aromatic heterocycles. The zero-order chi connectivity index (χ0) is 17.0. The van der Waals surface area contributed by atoms with Crippen LogP contribution in [-0.2, 0) is 9.53 Å². The van der Waals surface area contributed by atoms with Gasteiger partial charge < -0.3 is 10.1 Å². The molecule has 2 amide bonds. The zero-order valence-electron chi connectivity index (χ0n) is 12.9. The van der Waals surface area contributed by atoms with Gasteiger partial charge in [-0.3, -0.25) is 4.79 Å². The standard InChI is InChI=1S/C16H18Cl2N2O3/c1-3-5-12-13(15(21)23-4-2)14(20-16(22)19-12)10-7-6-9(17)8-11(10)18/h6-8,13-14H,3-5H2,1-2H3,(H,20,22). The lowest BCUT2D eigenvalue weighted by atomic mass is 9.86. The molecular weight excluding hydrogens is 339 g/mol. The molecule has 1 aromatic rings. The van der Waals surface area contributed by atoms with Crippen LogP contribution in [0.5, 0.6) is 0 Å². The number of benzene rings is 1. The monoisotopic (exact) mass is 356 g/mol. The third kappa shape index (κ3) is 4.03. The summed E-state index contributed by atoms with van der Waals surface area (Å²) in [6.07, 6.45) is 1.31. The van der Waals surface area contributed by atoms with Gasteiger partial charge in [-0.15, -0.1) is 0 Å². The number of rotatable bonds is 5. The Hall–Kier alpha value is -1.59. The molecule has 2 unspecified atom stereocenters. The molecule has 2 rings (SSSR count). The summed E-state index contributed by atoms with van der Waals surface area (Å²) in [6, 6.07) is 3.85. The van der Waals surface area contributed by atoms with Crippen molar-refractivity contribution in [3.05, 3.63) is 33.8 Å². The summed E-state index contributed by atoms with van der Waals surface area (Å²) in [6.45, 7) is 3.95. The first-order chi connectivity index (χ1) is 11.0. The highest BCUT2D eigenvalue weighted by molar-refractivity contribution is 6.35. The van der Waals surface area contributed by atoms with Gasteiger partial charge in [-0.2, -0.15) is 0 Å². The molecule has 2 atom stereocenters. The fourth-order valence-electron chi connectivity index (χ4n) is 2.62. The van der Waals surface area contributed by atoms with E-state index in [4.69, 9.17) is 27.9 Å². The molecule has 0 aliphatic carbocycles. The lowest BCUT2D eigenvalue weighted by Gasteiger charge is -2.31. The van der Waals surface area contributed by atoms with Gasteiger partial charge in [-0.05, 0) is 31.0 Å². The Balaban J connectivity index is 2.47. The maximum atomic E-state index is 12.4. The first kappa shape index (κ1) is 17.8. The average Bonchev–Trinajstić information content (AvgIpc) is 2.47. The largest absolute Gasteiger partial charge is 0.465 e. The SMILES string of the molecule is CCCC1=NC(=O)NC(c2ccc(Cl)cc2Cl)C1C(=O)OCC. The second-order valence-corrected chi connectivity index (χ2v) is 6.02. The Bertz CT molecular complexity index is 646. The second kappa shape index (κ2) is 7.79. The van der Waals surface area contributed by atoms with Crippen LogP contribution >= 0.6 is 23.2 Å². The molecule has 1 aliphatic heterocycles. The van der Waals surface area contributed by atoms with Crippen LogP contribution < -0.4 is 5.32 Å². The Labute approximate surface area is 145 Å². The van der Waals surface area contributed by atoms with E-state index < -0.39 is 24.0 Å². The summed E-state index contributed by atoms with van der Waals surface area (Å²) in [7, 11) is 0. The van der Waals surface area contributed by atoms with Crippen LogP contribution in [0, 0.1) is 5.92 Å². The van der Waals surface area contributed by atoms with Crippen LogP contribution in [0.25, 0.3) is 0 Å². The van der Waals surface area contributed by atoms with Crippen molar-refractivity contribution in [1.82, 2.24) is 5.32 Å². The lowest BCUT2D eigenvalue weighted by molar-refractivity contribution is -0.146. The van der Waals surface area contributed by atoms with Crippen molar-refractivity contribution < 1.29 is 14.3 Å². The maximum Gasteiger partial charge on any atom is 0.341 e. The number of esters is 1. The summed E-state index contributed by atoms with van der Waals surface area (Å²) in [4.78, 5) is 28.3. The van der Waals surface area contributed by atoms with Crippen LogP contribution in [0.1, 0.15) is 38.3 Å². The molecule has 5 nitrogen and oxygen atoms in total. The molecule has 0 fully saturated rings. The molecule has 0 spiro atoms. The van der Waals surface area contributed by atoms with Crippen molar-refractivity contribution in [1.29, 1.82) is 0 Å². The normalized spacial score (nSPS) is 20.7. The highest BCUT2D eigenvalue weighted by atomic mass is 35.5. The van der Waals surface area contributed by atoms with E-state index >= 15 is 0 Å². The minimum Gasteiger partial charge on any atom is -0.465 e. The molecule has 1 N–H and O–H groups in total. The third-order valence-corrected chi connectivity index (χ3v) is 4.12. The Kier molecular flexibility index (Phi) is 6.02. The first-order valence-electron chi connectivity index (χ1n) is 7.47. The smallest absolute Gasteiger partial charge is 0.341 e. The van der Waals surface area contributed by atoms with E-state index in [-0.39, 0.29) is 6.61 Å². The fraction of sp³-hybridized carbons (Fsp3) is 0.438. The van der Waals surface area contributed by atoms with Gasteiger partial charge in [0.15, 0.2) is 0 Å². The summed E-state index contributed by atoms with van der Waals surface area (Å²) in [5.41, 5.74) is 1.14. The van der Waals surface area contributed by atoms with Crippen LogP contribution in [0.3, 0.4) is 0 Å². The van der Waals surface area contributed by atoms with E-state index in [2.05, 4.69) is 10.3 Å². The minimum atomic E-state index is -0.689. The van der Waals surface area contributed by atoms with Crippen LogP contribution in [-0.4, -0.2) is 24.3 Å². The number of carbonyl (C=O) groups is 2. The number of ether oxygens (including phenoxy) is 1. The number of nitrogens with zero attached hydrogens (tertiary/aromatic N) is 1. The molecule has 0 saturated carbocycles. The zero-order valence-corrected chi connectivity index (χ0v) is 14.4. The number of amides is 2. The van der Waals surface area contributed by atoms with Gasteiger partial charge >= 0.3 is 12.0 Å². The number of carbonyl (C=O) groups excluding carboxylic acids is 2. The highest BCUT2D eigenvalue weighted by Crippen LogP contribution is 2.34. The van der Waals surface area contributed by atoms with Crippen LogP contribution in [0.15, 0.2) is 23.2 Å². The quantitative estimate of drug-likeness (QED) is 0.804. The van der Waals surface area contributed by atoms with E-state index in [1.165, 1.54) is 0 Å². The van der Waals surface area contributed by atoms with Gasteiger partial charge in [0.25, 0.3) is 0 Å². The molecule has 0 radical (unpaired) electrons. The maximum absolute atomic E-state index is 12.4. The summed E-state index contributed by atoms with van der Waals surface area (Å²) < 4.78 is 5.17. The molecular formula is C16H18Cl2N2O3. The molecule has 23 heavy (non-hydrogen) atoms. The number of halogens is 2. The number of nitrogens with one attached hydrogen (secondary N) is 1. The highest BCUT2D eigenvalue weighted by Gasteiger charge is 2.40. The van der Waals surface area contributed by atoms with Gasteiger partial charge in [-0.1, -0.05) is 42.6 Å². The topological polar surface area (TPSA) is 67.8 Å². The van der Waals surface area contributed by atoms with Crippen molar-refractivity contribution in [2.75, 3.05) is 6.61 Å². The Morgan fingerprint density at radius 2 is 2.09 bits per heavy atom. The third-order valence-electron chi connectivity index (χ3n) is 3.56. The van der Waals surface area contributed by atoms with E-state index in [9.17, 15) is 9.59 Å². The van der Waals surface area contributed by atoms with Gasteiger partial charge in [0.1, 0.15) is 5.92 Å². The molecule has 7 heteroatoms. The molecule has 124 valence electrons.